The third kappa shape index (κ3) is 9.22. The van der Waals surface area contributed by atoms with Crippen LogP contribution in [0.15, 0.2) is 91.0 Å². The van der Waals surface area contributed by atoms with Crippen LogP contribution in [0, 0.1) is 0 Å². The van der Waals surface area contributed by atoms with E-state index in [1.54, 1.807) is 21.3 Å². The molecule has 0 atom stereocenters. The van der Waals surface area contributed by atoms with Gasteiger partial charge in [0.15, 0.2) is 11.5 Å². The van der Waals surface area contributed by atoms with E-state index in [4.69, 9.17) is 24.4 Å². The molecule has 0 saturated carbocycles. The summed E-state index contributed by atoms with van der Waals surface area (Å²) in [5.41, 5.74) is 3.68. The Morgan fingerprint density at radius 2 is 1.26 bits per heavy atom. The molecular weight excluding hydrogens is 536 g/mol. The van der Waals surface area contributed by atoms with E-state index in [0.717, 1.165) is 38.3 Å². The summed E-state index contributed by atoms with van der Waals surface area (Å²) in [7, 11) is 4.92. The second kappa shape index (κ2) is 16.6. The molecule has 1 aliphatic heterocycles. The SMILES string of the molecule is COc1ccc(C=CCN2CCN(C(c3ccccc3)c3ccccc3)CC2)c(OC)c1OC.O=C(O)C=CC(=O)O. The van der Waals surface area contributed by atoms with Crippen molar-refractivity contribution in [3.63, 3.8) is 0 Å². The van der Waals surface area contributed by atoms with Crippen molar-refractivity contribution in [2.75, 3.05) is 54.1 Å². The molecule has 1 aliphatic rings. The fraction of sp³-hybridized carbons (Fsp3) is 0.273. The van der Waals surface area contributed by atoms with Crippen LogP contribution in [0.25, 0.3) is 6.08 Å². The molecule has 42 heavy (non-hydrogen) atoms. The van der Waals surface area contributed by atoms with Gasteiger partial charge in [0.2, 0.25) is 5.75 Å². The number of rotatable bonds is 11. The normalized spacial score (nSPS) is 14.0. The maximum atomic E-state index is 9.55. The van der Waals surface area contributed by atoms with E-state index in [1.165, 1.54) is 11.1 Å². The molecule has 0 radical (unpaired) electrons. The lowest BCUT2D eigenvalue weighted by Crippen LogP contribution is -2.47. The minimum Gasteiger partial charge on any atom is -0.493 e. The first-order chi connectivity index (χ1) is 20.4. The highest BCUT2D eigenvalue weighted by atomic mass is 16.5. The molecule has 4 rings (SSSR count). The van der Waals surface area contributed by atoms with Gasteiger partial charge in [-0.1, -0.05) is 72.8 Å². The summed E-state index contributed by atoms with van der Waals surface area (Å²) in [4.78, 5) is 24.2. The monoisotopic (exact) mass is 574 g/mol. The highest BCUT2D eigenvalue weighted by Gasteiger charge is 2.26. The van der Waals surface area contributed by atoms with Gasteiger partial charge in [-0.3, -0.25) is 9.80 Å². The number of ether oxygens (including phenoxy) is 3. The van der Waals surface area contributed by atoms with Crippen molar-refractivity contribution >= 4 is 18.0 Å². The lowest BCUT2D eigenvalue weighted by molar-refractivity contribution is -0.134. The van der Waals surface area contributed by atoms with Crippen LogP contribution >= 0.6 is 0 Å². The second-order valence-electron chi connectivity index (χ2n) is 9.40. The minimum absolute atomic E-state index is 0.288. The highest BCUT2D eigenvalue weighted by molar-refractivity contribution is 5.89. The lowest BCUT2D eigenvalue weighted by atomic mass is 9.96. The van der Waals surface area contributed by atoms with Gasteiger partial charge in [-0.05, 0) is 23.3 Å². The summed E-state index contributed by atoms with van der Waals surface area (Å²) in [5.74, 6) is -0.538. The Balaban J connectivity index is 0.000000531. The third-order valence-electron chi connectivity index (χ3n) is 6.77. The number of hydrogen-bond acceptors (Lipinski definition) is 7. The number of methoxy groups -OCH3 is 3. The van der Waals surface area contributed by atoms with Gasteiger partial charge in [0.25, 0.3) is 0 Å². The maximum absolute atomic E-state index is 9.55. The third-order valence-corrected chi connectivity index (χ3v) is 6.77. The Morgan fingerprint density at radius 3 is 1.71 bits per heavy atom. The molecule has 222 valence electrons. The molecule has 0 aromatic heterocycles. The Hall–Kier alpha value is -4.60. The number of carbonyl (C=O) groups is 2. The molecule has 1 saturated heterocycles. The zero-order valence-electron chi connectivity index (χ0n) is 24.2. The molecule has 1 fully saturated rings. The largest absolute Gasteiger partial charge is 0.493 e. The van der Waals surface area contributed by atoms with Crippen LogP contribution in [0.1, 0.15) is 22.7 Å². The molecule has 0 spiro atoms. The Kier molecular flexibility index (Phi) is 12.6. The van der Waals surface area contributed by atoms with Crippen LogP contribution in [-0.4, -0.2) is 86.0 Å². The molecule has 0 unspecified atom stereocenters. The number of benzene rings is 3. The summed E-state index contributed by atoms with van der Waals surface area (Å²) < 4.78 is 16.5. The summed E-state index contributed by atoms with van der Waals surface area (Å²) in [6.07, 6.45) is 5.42. The zero-order chi connectivity index (χ0) is 30.3. The standard InChI is InChI=1S/C29H34N2O3.C4H4O4/c1-32-26-17-16-25(28(33-2)29(26)34-3)15-10-18-30-19-21-31(22-20-30)27(23-11-6-4-7-12-23)24-13-8-5-9-14-24;5-3(6)1-2-4(7)8/h4-17,27H,18-22H2,1-3H3;1-2H,(H,5,6)(H,7,8). The molecule has 3 aromatic carbocycles. The predicted octanol–water partition coefficient (Wildman–Crippen LogP) is 4.84. The number of carboxylic acid groups (broad SMARTS) is 2. The van der Waals surface area contributed by atoms with Crippen LogP contribution in [0.3, 0.4) is 0 Å². The van der Waals surface area contributed by atoms with E-state index in [9.17, 15) is 9.59 Å². The first-order valence-corrected chi connectivity index (χ1v) is 13.5. The fourth-order valence-electron chi connectivity index (χ4n) is 4.82. The number of carboxylic acids is 2. The van der Waals surface area contributed by atoms with Gasteiger partial charge in [-0.25, -0.2) is 9.59 Å². The summed E-state index contributed by atoms with van der Waals surface area (Å²) in [5, 5.41) is 15.6. The quantitative estimate of drug-likeness (QED) is 0.311. The molecule has 2 N–H and O–H groups in total. The van der Waals surface area contributed by atoms with Crippen molar-refractivity contribution < 1.29 is 34.0 Å². The van der Waals surface area contributed by atoms with Crippen molar-refractivity contribution in [1.82, 2.24) is 9.80 Å². The lowest BCUT2D eigenvalue weighted by Gasteiger charge is -2.39. The van der Waals surface area contributed by atoms with E-state index >= 15 is 0 Å². The number of hydrogen-bond donors (Lipinski definition) is 2. The van der Waals surface area contributed by atoms with E-state index in [-0.39, 0.29) is 6.04 Å². The molecule has 9 heteroatoms. The first kappa shape index (κ1) is 31.9. The van der Waals surface area contributed by atoms with Gasteiger partial charge in [0, 0.05) is 50.4 Å². The summed E-state index contributed by atoms with van der Waals surface area (Å²) in [6.45, 7) is 5.02. The Morgan fingerprint density at radius 1 is 0.738 bits per heavy atom. The van der Waals surface area contributed by atoms with Crippen molar-refractivity contribution in [3.05, 3.63) is 108 Å². The Labute approximate surface area is 246 Å². The Bertz CT molecular complexity index is 1280. The predicted molar refractivity (Wildman–Crippen MR) is 162 cm³/mol. The molecule has 0 bridgehead atoms. The second-order valence-corrected chi connectivity index (χ2v) is 9.40. The van der Waals surface area contributed by atoms with Crippen LogP contribution in [0.4, 0.5) is 0 Å². The summed E-state index contributed by atoms with van der Waals surface area (Å²) in [6, 6.07) is 25.9. The van der Waals surface area contributed by atoms with Gasteiger partial charge in [0.1, 0.15) is 0 Å². The van der Waals surface area contributed by atoms with Crippen molar-refractivity contribution in [2.45, 2.75) is 6.04 Å². The minimum atomic E-state index is -1.26. The maximum Gasteiger partial charge on any atom is 0.328 e. The molecule has 9 nitrogen and oxygen atoms in total. The molecule has 0 amide bonds. The number of nitrogens with zero attached hydrogens (tertiary/aromatic N) is 2. The average molecular weight is 575 g/mol. The van der Waals surface area contributed by atoms with Crippen molar-refractivity contribution in [1.29, 1.82) is 0 Å². The van der Waals surface area contributed by atoms with Crippen LogP contribution < -0.4 is 14.2 Å². The van der Waals surface area contributed by atoms with Crippen LogP contribution in [-0.2, 0) is 9.59 Å². The van der Waals surface area contributed by atoms with Gasteiger partial charge >= 0.3 is 11.9 Å². The van der Waals surface area contributed by atoms with E-state index in [2.05, 4.69) is 82.6 Å². The molecule has 3 aromatic rings. The smallest absolute Gasteiger partial charge is 0.328 e. The zero-order valence-corrected chi connectivity index (χ0v) is 24.2. The summed E-state index contributed by atoms with van der Waals surface area (Å²) >= 11 is 0. The first-order valence-electron chi connectivity index (χ1n) is 13.5. The van der Waals surface area contributed by atoms with Crippen LogP contribution in [0.5, 0.6) is 17.2 Å². The van der Waals surface area contributed by atoms with Crippen LogP contribution in [0.2, 0.25) is 0 Å². The van der Waals surface area contributed by atoms with E-state index in [1.807, 2.05) is 12.1 Å². The van der Waals surface area contributed by atoms with E-state index < -0.39 is 11.9 Å². The van der Waals surface area contributed by atoms with Gasteiger partial charge in [-0.2, -0.15) is 0 Å². The van der Waals surface area contributed by atoms with Crippen molar-refractivity contribution in [3.8, 4) is 17.2 Å². The van der Waals surface area contributed by atoms with E-state index in [0.29, 0.717) is 29.4 Å². The molecular formula is C33H38N2O7. The molecule has 0 aliphatic carbocycles. The average Bonchev–Trinajstić information content (AvgIpc) is 3.02. The number of piperazine rings is 1. The fourth-order valence-corrected chi connectivity index (χ4v) is 4.82. The van der Waals surface area contributed by atoms with Gasteiger partial charge in [-0.15, -0.1) is 0 Å². The van der Waals surface area contributed by atoms with Gasteiger partial charge < -0.3 is 24.4 Å². The number of aliphatic carboxylic acids is 2. The van der Waals surface area contributed by atoms with Gasteiger partial charge in [0.05, 0.1) is 27.4 Å². The van der Waals surface area contributed by atoms with Crippen molar-refractivity contribution in [2.24, 2.45) is 0 Å². The topological polar surface area (TPSA) is 109 Å². The highest BCUT2D eigenvalue weighted by Crippen LogP contribution is 2.40. The molecule has 1 heterocycles.